The standard InChI is InChI=1S/C25H32N2O6/c1-16-7-6-8-17(2)27(16)23(28)15-33-20-11-9-18(10-12-20)25(29)26-19-13-21(30-3)24(32-5)22(14-19)31-4/h9-14,16-17H,6-8,15H2,1-5H3,(H,26,29). The van der Waals surface area contributed by atoms with E-state index in [1.165, 1.54) is 21.3 Å². The van der Waals surface area contributed by atoms with E-state index in [4.69, 9.17) is 18.9 Å². The van der Waals surface area contributed by atoms with Gasteiger partial charge in [0.1, 0.15) is 5.75 Å². The lowest BCUT2D eigenvalue weighted by Gasteiger charge is -2.38. The van der Waals surface area contributed by atoms with E-state index in [2.05, 4.69) is 19.2 Å². The Kier molecular flexibility index (Phi) is 8.03. The van der Waals surface area contributed by atoms with Gasteiger partial charge in [0, 0.05) is 35.5 Å². The number of hydrogen-bond donors (Lipinski definition) is 1. The minimum atomic E-state index is -0.303. The first-order valence-electron chi connectivity index (χ1n) is 11.0. The summed E-state index contributed by atoms with van der Waals surface area (Å²) in [5.74, 6) is 1.55. The quantitative estimate of drug-likeness (QED) is 0.643. The van der Waals surface area contributed by atoms with Crippen LogP contribution in [0.15, 0.2) is 36.4 Å². The van der Waals surface area contributed by atoms with Crippen molar-refractivity contribution in [1.82, 2.24) is 4.90 Å². The summed E-state index contributed by atoms with van der Waals surface area (Å²) in [5.41, 5.74) is 0.950. The first-order chi connectivity index (χ1) is 15.9. The smallest absolute Gasteiger partial charge is 0.260 e. The molecule has 178 valence electrons. The number of nitrogens with zero attached hydrogens (tertiary/aromatic N) is 1. The number of nitrogens with one attached hydrogen (secondary N) is 1. The second kappa shape index (κ2) is 10.9. The Bertz CT molecular complexity index is 940. The van der Waals surface area contributed by atoms with Crippen molar-refractivity contribution in [3.8, 4) is 23.0 Å². The predicted octanol–water partition coefficient (Wildman–Crippen LogP) is 4.13. The molecule has 0 saturated carbocycles. The number of likely N-dealkylation sites (tertiary alicyclic amines) is 1. The SMILES string of the molecule is COc1cc(NC(=O)c2ccc(OCC(=O)N3C(C)CCCC3C)cc2)cc(OC)c1OC. The summed E-state index contributed by atoms with van der Waals surface area (Å²) < 4.78 is 21.6. The number of carbonyl (C=O) groups excluding carboxylic acids is 2. The van der Waals surface area contributed by atoms with Gasteiger partial charge in [-0.05, 0) is 57.4 Å². The van der Waals surface area contributed by atoms with E-state index < -0.39 is 0 Å². The van der Waals surface area contributed by atoms with Gasteiger partial charge in [-0.15, -0.1) is 0 Å². The normalized spacial score (nSPS) is 17.8. The summed E-state index contributed by atoms with van der Waals surface area (Å²) in [4.78, 5) is 27.2. The number of ether oxygens (including phenoxy) is 4. The van der Waals surface area contributed by atoms with Crippen molar-refractivity contribution in [2.45, 2.75) is 45.2 Å². The number of piperidine rings is 1. The molecular formula is C25H32N2O6. The Balaban J connectivity index is 1.62. The van der Waals surface area contributed by atoms with Crippen LogP contribution in [0.4, 0.5) is 5.69 Å². The third-order valence-corrected chi connectivity index (χ3v) is 5.88. The van der Waals surface area contributed by atoms with Crippen LogP contribution in [0.5, 0.6) is 23.0 Å². The molecule has 0 aromatic heterocycles. The lowest BCUT2D eigenvalue weighted by atomic mass is 9.97. The van der Waals surface area contributed by atoms with Crippen LogP contribution in [-0.2, 0) is 4.79 Å². The predicted molar refractivity (Wildman–Crippen MR) is 126 cm³/mol. The van der Waals surface area contributed by atoms with Crippen molar-refractivity contribution in [2.75, 3.05) is 33.3 Å². The minimum absolute atomic E-state index is 0.0149. The second-order valence-electron chi connectivity index (χ2n) is 8.11. The summed E-state index contributed by atoms with van der Waals surface area (Å²) in [6.45, 7) is 4.13. The van der Waals surface area contributed by atoms with E-state index in [0.717, 1.165) is 19.3 Å². The maximum atomic E-state index is 12.7. The average molecular weight is 457 g/mol. The molecule has 2 aromatic carbocycles. The molecule has 1 aliphatic rings. The van der Waals surface area contributed by atoms with Crippen LogP contribution in [0.25, 0.3) is 0 Å². The number of methoxy groups -OCH3 is 3. The fourth-order valence-electron chi connectivity index (χ4n) is 4.19. The summed E-state index contributed by atoms with van der Waals surface area (Å²) in [6, 6.07) is 10.4. The number of carbonyl (C=O) groups is 2. The number of rotatable bonds is 8. The maximum Gasteiger partial charge on any atom is 0.260 e. The average Bonchev–Trinajstić information content (AvgIpc) is 2.82. The highest BCUT2D eigenvalue weighted by Crippen LogP contribution is 2.40. The molecule has 0 aliphatic carbocycles. The Hall–Kier alpha value is -3.42. The van der Waals surface area contributed by atoms with Gasteiger partial charge in [0.05, 0.1) is 21.3 Å². The van der Waals surface area contributed by atoms with Crippen molar-refractivity contribution >= 4 is 17.5 Å². The fourth-order valence-corrected chi connectivity index (χ4v) is 4.19. The third kappa shape index (κ3) is 5.69. The molecule has 2 aromatic rings. The topological polar surface area (TPSA) is 86.3 Å². The zero-order chi connectivity index (χ0) is 24.0. The second-order valence-corrected chi connectivity index (χ2v) is 8.11. The molecule has 1 heterocycles. The van der Waals surface area contributed by atoms with Crippen LogP contribution in [0.2, 0.25) is 0 Å². The summed E-state index contributed by atoms with van der Waals surface area (Å²) >= 11 is 0. The largest absolute Gasteiger partial charge is 0.493 e. The van der Waals surface area contributed by atoms with Crippen molar-refractivity contribution < 1.29 is 28.5 Å². The molecule has 2 unspecified atom stereocenters. The monoisotopic (exact) mass is 456 g/mol. The third-order valence-electron chi connectivity index (χ3n) is 5.88. The summed E-state index contributed by atoms with van der Waals surface area (Å²) in [6.07, 6.45) is 3.18. The van der Waals surface area contributed by atoms with Crippen molar-refractivity contribution in [2.24, 2.45) is 0 Å². The molecule has 1 fully saturated rings. The van der Waals surface area contributed by atoms with Gasteiger partial charge in [0.2, 0.25) is 5.75 Å². The van der Waals surface area contributed by atoms with Gasteiger partial charge in [-0.3, -0.25) is 9.59 Å². The molecule has 2 amide bonds. The van der Waals surface area contributed by atoms with Crippen molar-refractivity contribution in [1.29, 1.82) is 0 Å². The summed E-state index contributed by atoms with van der Waals surface area (Å²) in [5, 5.41) is 2.83. The Labute approximate surface area is 194 Å². The van der Waals surface area contributed by atoms with E-state index >= 15 is 0 Å². The van der Waals surface area contributed by atoms with Gasteiger partial charge in [0.25, 0.3) is 11.8 Å². The van der Waals surface area contributed by atoms with Gasteiger partial charge in [0.15, 0.2) is 18.1 Å². The zero-order valence-electron chi connectivity index (χ0n) is 19.8. The van der Waals surface area contributed by atoms with Crippen LogP contribution < -0.4 is 24.3 Å². The Morgan fingerprint density at radius 3 is 2.03 bits per heavy atom. The molecular weight excluding hydrogens is 424 g/mol. The molecule has 1 N–H and O–H groups in total. The van der Waals surface area contributed by atoms with Gasteiger partial charge < -0.3 is 29.2 Å². The molecule has 0 radical (unpaired) electrons. The number of benzene rings is 2. The van der Waals surface area contributed by atoms with E-state index in [-0.39, 0.29) is 30.5 Å². The van der Waals surface area contributed by atoms with E-state index in [1.54, 1.807) is 36.4 Å². The molecule has 1 saturated heterocycles. The van der Waals surface area contributed by atoms with E-state index in [0.29, 0.717) is 34.2 Å². The first-order valence-corrected chi connectivity index (χ1v) is 11.0. The highest BCUT2D eigenvalue weighted by atomic mass is 16.5. The van der Waals surface area contributed by atoms with Crippen LogP contribution >= 0.6 is 0 Å². The molecule has 3 rings (SSSR count). The molecule has 0 bridgehead atoms. The lowest BCUT2D eigenvalue weighted by molar-refractivity contribution is -0.139. The molecule has 1 aliphatic heterocycles. The number of amides is 2. The highest BCUT2D eigenvalue weighted by molar-refractivity contribution is 6.04. The van der Waals surface area contributed by atoms with Crippen LogP contribution in [0, 0.1) is 0 Å². The zero-order valence-corrected chi connectivity index (χ0v) is 19.8. The molecule has 8 heteroatoms. The minimum Gasteiger partial charge on any atom is -0.493 e. The number of anilines is 1. The lowest BCUT2D eigenvalue weighted by Crippen LogP contribution is -2.49. The van der Waals surface area contributed by atoms with Crippen LogP contribution in [0.3, 0.4) is 0 Å². The Morgan fingerprint density at radius 2 is 1.52 bits per heavy atom. The maximum absolute atomic E-state index is 12.7. The molecule has 8 nitrogen and oxygen atoms in total. The van der Waals surface area contributed by atoms with Crippen LogP contribution in [-0.4, -0.2) is 56.7 Å². The molecule has 33 heavy (non-hydrogen) atoms. The summed E-state index contributed by atoms with van der Waals surface area (Å²) in [7, 11) is 4.54. The van der Waals surface area contributed by atoms with Gasteiger partial charge in [-0.1, -0.05) is 0 Å². The van der Waals surface area contributed by atoms with Crippen molar-refractivity contribution in [3.05, 3.63) is 42.0 Å². The van der Waals surface area contributed by atoms with Crippen LogP contribution in [0.1, 0.15) is 43.5 Å². The van der Waals surface area contributed by atoms with E-state index in [9.17, 15) is 9.59 Å². The number of hydrogen-bond acceptors (Lipinski definition) is 6. The fraction of sp³-hybridized carbons (Fsp3) is 0.440. The van der Waals surface area contributed by atoms with Gasteiger partial charge in [-0.25, -0.2) is 0 Å². The van der Waals surface area contributed by atoms with E-state index in [1.807, 2.05) is 4.90 Å². The highest BCUT2D eigenvalue weighted by Gasteiger charge is 2.29. The van der Waals surface area contributed by atoms with Gasteiger partial charge >= 0.3 is 0 Å². The first kappa shape index (κ1) is 24.2. The van der Waals surface area contributed by atoms with Crippen molar-refractivity contribution in [3.63, 3.8) is 0 Å². The Morgan fingerprint density at radius 1 is 0.939 bits per heavy atom. The molecule has 2 atom stereocenters. The van der Waals surface area contributed by atoms with Gasteiger partial charge in [-0.2, -0.15) is 0 Å². The molecule has 0 spiro atoms.